The maximum absolute atomic E-state index is 13.1. The molecule has 0 radical (unpaired) electrons. The number of aromatic nitrogens is 2. The summed E-state index contributed by atoms with van der Waals surface area (Å²) in [6, 6.07) is 4.62. The Bertz CT molecular complexity index is 872. The number of hydrogen-bond acceptors (Lipinski definition) is 5. The van der Waals surface area contributed by atoms with Crippen LogP contribution in [0.15, 0.2) is 28.2 Å². The molecule has 0 unspecified atom stereocenters. The van der Waals surface area contributed by atoms with Gasteiger partial charge in [-0.15, -0.1) is 0 Å². The fraction of sp³-hybridized carbons (Fsp3) is 0.312. The SMILES string of the molecule is CCCOc1ccc(C(F)(F)F)cc1-c1nc(SC)[nH]c(=O)c1C#N. The number of thioether (sulfide) groups is 1. The predicted molar refractivity (Wildman–Crippen MR) is 87.6 cm³/mol. The third-order valence-corrected chi connectivity index (χ3v) is 3.81. The van der Waals surface area contributed by atoms with Crippen LogP contribution < -0.4 is 10.3 Å². The normalized spacial score (nSPS) is 11.2. The summed E-state index contributed by atoms with van der Waals surface area (Å²) in [5, 5.41) is 9.43. The van der Waals surface area contributed by atoms with Crippen LogP contribution in [-0.4, -0.2) is 22.8 Å². The number of ether oxygens (including phenoxy) is 1. The van der Waals surface area contributed by atoms with E-state index in [1.165, 1.54) is 6.07 Å². The lowest BCUT2D eigenvalue weighted by Gasteiger charge is -2.15. The van der Waals surface area contributed by atoms with Gasteiger partial charge in [0.15, 0.2) is 5.16 Å². The molecule has 0 aliphatic heterocycles. The number of halogens is 3. The third kappa shape index (κ3) is 4.14. The van der Waals surface area contributed by atoms with Crippen LogP contribution in [0.1, 0.15) is 24.5 Å². The molecule has 1 N–H and O–H groups in total. The Morgan fingerprint density at radius 2 is 2.12 bits per heavy atom. The molecule has 1 heterocycles. The van der Waals surface area contributed by atoms with Crippen LogP contribution >= 0.6 is 11.8 Å². The molecule has 0 bridgehead atoms. The van der Waals surface area contributed by atoms with Crippen molar-refractivity contribution in [2.24, 2.45) is 0 Å². The number of benzene rings is 1. The number of H-pyrrole nitrogens is 1. The summed E-state index contributed by atoms with van der Waals surface area (Å²) in [6.45, 7) is 2.13. The van der Waals surface area contributed by atoms with Gasteiger partial charge >= 0.3 is 6.18 Å². The highest BCUT2D eigenvalue weighted by Gasteiger charge is 2.32. The minimum Gasteiger partial charge on any atom is -0.493 e. The number of rotatable bonds is 5. The largest absolute Gasteiger partial charge is 0.493 e. The zero-order chi connectivity index (χ0) is 18.6. The van der Waals surface area contributed by atoms with Crippen molar-refractivity contribution in [2.45, 2.75) is 24.7 Å². The van der Waals surface area contributed by atoms with Gasteiger partial charge in [0.05, 0.1) is 12.2 Å². The lowest BCUT2D eigenvalue weighted by atomic mass is 10.0. The monoisotopic (exact) mass is 369 g/mol. The first-order valence-corrected chi connectivity index (χ1v) is 8.47. The number of nitriles is 1. The lowest BCUT2D eigenvalue weighted by Crippen LogP contribution is -2.15. The van der Waals surface area contributed by atoms with Gasteiger partial charge < -0.3 is 9.72 Å². The number of aromatic amines is 1. The second kappa shape index (κ2) is 7.61. The molecule has 0 spiro atoms. The van der Waals surface area contributed by atoms with E-state index < -0.39 is 17.3 Å². The topological polar surface area (TPSA) is 78.8 Å². The van der Waals surface area contributed by atoms with Crippen LogP contribution in [0, 0.1) is 11.3 Å². The van der Waals surface area contributed by atoms with E-state index in [4.69, 9.17) is 4.74 Å². The Kier molecular flexibility index (Phi) is 5.74. The minimum absolute atomic E-state index is 0.0405. The number of hydrogen-bond donors (Lipinski definition) is 1. The number of nitrogens with one attached hydrogen (secondary N) is 1. The average molecular weight is 369 g/mol. The quantitative estimate of drug-likeness (QED) is 0.640. The first-order chi connectivity index (χ1) is 11.8. The molecular formula is C16H14F3N3O2S. The van der Waals surface area contributed by atoms with E-state index in [0.29, 0.717) is 6.42 Å². The van der Waals surface area contributed by atoms with Gasteiger partial charge in [0.25, 0.3) is 5.56 Å². The van der Waals surface area contributed by atoms with Crippen LogP contribution in [0.5, 0.6) is 5.75 Å². The van der Waals surface area contributed by atoms with Crippen LogP contribution in [-0.2, 0) is 6.18 Å². The van der Waals surface area contributed by atoms with Gasteiger partial charge in [-0.25, -0.2) is 4.98 Å². The molecule has 0 aliphatic rings. The summed E-state index contributed by atoms with van der Waals surface area (Å²) >= 11 is 1.11. The van der Waals surface area contributed by atoms with Gasteiger partial charge in [0.2, 0.25) is 0 Å². The van der Waals surface area contributed by atoms with Crippen molar-refractivity contribution in [3.63, 3.8) is 0 Å². The summed E-state index contributed by atoms with van der Waals surface area (Å²) < 4.78 is 44.7. The zero-order valence-corrected chi connectivity index (χ0v) is 14.2. The van der Waals surface area contributed by atoms with Gasteiger partial charge in [-0.05, 0) is 30.9 Å². The van der Waals surface area contributed by atoms with Crippen LogP contribution in [0.25, 0.3) is 11.3 Å². The molecule has 25 heavy (non-hydrogen) atoms. The van der Waals surface area contributed by atoms with E-state index in [1.54, 1.807) is 12.3 Å². The summed E-state index contributed by atoms with van der Waals surface area (Å²) in [5.41, 5.74) is -2.16. The number of alkyl halides is 3. The highest BCUT2D eigenvalue weighted by atomic mass is 32.2. The fourth-order valence-corrected chi connectivity index (χ4v) is 2.45. The Morgan fingerprint density at radius 1 is 1.40 bits per heavy atom. The molecule has 0 saturated carbocycles. The van der Waals surface area contributed by atoms with E-state index in [-0.39, 0.29) is 34.3 Å². The maximum atomic E-state index is 13.1. The summed E-state index contributed by atoms with van der Waals surface area (Å²) in [5.74, 6) is 0.136. The Hall–Kier alpha value is -2.47. The molecule has 0 amide bonds. The molecule has 9 heteroatoms. The predicted octanol–water partition coefficient (Wildman–Crippen LogP) is 3.84. The lowest BCUT2D eigenvalue weighted by molar-refractivity contribution is -0.137. The summed E-state index contributed by atoms with van der Waals surface area (Å²) in [7, 11) is 0. The van der Waals surface area contributed by atoms with Crippen LogP contribution in [0.2, 0.25) is 0 Å². The summed E-state index contributed by atoms with van der Waals surface area (Å²) in [4.78, 5) is 18.6. The van der Waals surface area contributed by atoms with Crippen molar-refractivity contribution in [1.29, 1.82) is 5.26 Å². The van der Waals surface area contributed by atoms with E-state index in [1.807, 2.05) is 6.92 Å². The molecule has 2 rings (SSSR count). The van der Waals surface area contributed by atoms with Gasteiger partial charge in [-0.2, -0.15) is 18.4 Å². The summed E-state index contributed by atoms with van der Waals surface area (Å²) in [6.07, 6.45) is -2.28. The van der Waals surface area contributed by atoms with Crippen LogP contribution in [0.4, 0.5) is 13.2 Å². The van der Waals surface area contributed by atoms with Gasteiger partial charge in [-0.1, -0.05) is 18.7 Å². The molecule has 2 aromatic rings. The zero-order valence-electron chi connectivity index (χ0n) is 13.4. The van der Waals surface area contributed by atoms with Crippen molar-refractivity contribution >= 4 is 11.8 Å². The highest BCUT2D eigenvalue weighted by molar-refractivity contribution is 7.98. The molecule has 0 saturated heterocycles. The second-order valence-corrected chi connectivity index (χ2v) is 5.76. The average Bonchev–Trinajstić information content (AvgIpc) is 2.58. The van der Waals surface area contributed by atoms with E-state index >= 15 is 0 Å². The van der Waals surface area contributed by atoms with Crippen molar-refractivity contribution in [3.8, 4) is 23.1 Å². The van der Waals surface area contributed by atoms with Crippen molar-refractivity contribution in [3.05, 3.63) is 39.7 Å². The Labute approximate surface area is 145 Å². The van der Waals surface area contributed by atoms with Gasteiger partial charge in [-0.3, -0.25) is 4.79 Å². The molecule has 132 valence electrons. The van der Waals surface area contributed by atoms with Gasteiger partial charge in [0, 0.05) is 5.56 Å². The van der Waals surface area contributed by atoms with Crippen molar-refractivity contribution < 1.29 is 17.9 Å². The molecule has 0 fully saturated rings. The molecule has 0 atom stereocenters. The van der Waals surface area contributed by atoms with E-state index in [2.05, 4.69) is 9.97 Å². The number of nitrogens with zero attached hydrogens (tertiary/aromatic N) is 2. The molecular weight excluding hydrogens is 355 g/mol. The standard InChI is InChI=1S/C16H14F3N3O2S/c1-3-6-24-12-5-4-9(16(17,18)19)7-10(12)13-11(8-20)14(23)22-15(21-13)25-2/h4-5,7H,3,6H2,1-2H3,(H,21,22,23). The molecule has 1 aromatic carbocycles. The van der Waals surface area contributed by atoms with Crippen molar-refractivity contribution in [1.82, 2.24) is 9.97 Å². The maximum Gasteiger partial charge on any atom is 0.416 e. The smallest absolute Gasteiger partial charge is 0.416 e. The van der Waals surface area contributed by atoms with Crippen molar-refractivity contribution in [2.75, 3.05) is 12.9 Å². The second-order valence-electron chi connectivity index (χ2n) is 4.97. The van der Waals surface area contributed by atoms with E-state index in [0.717, 1.165) is 23.9 Å². The van der Waals surface area contributed by atoms with Gasteiger partial charge in [0.1, 0.15) is 23.1 Å². The Balaban J connectivity index is 2.77. The minimum atomic E-state index is -4.58. The molecule has 0 aliphatic carbocycles. The first kappa shape index (κ1) is 18.9. The molecule has 1 aromatic heterocycles. The first-order valence-electron chi connectivity index (χ1n) is 7.24. The molecule has 5 nitrogen and oxygen atoms in total. The highest BCUT2D eigenvalue weighted by Crippen LogP contribution is 2.37. The fourth-order valence-electron chi connectivity index (χ4n) is 2.08. The third-order valence-electron chi connectivity index (χ3n) is 3.23. The van der Waals surface area contributed by atoms with Crippen LogP contribution in [0.3, 0.4) is 0 Å². The van der Waals surface area contributed by atoms with E-state index in [9.17, 15) is 23.2 Å². The Morgan fingerprint density at radius 3 is 2.68 bits per heavy atom.